The third-order valence-electron chi connectivity index (χ3n) is 9.43. The monoisotopic (exact) mass is 615 g/mol. The summed E-state index contributed by atoms with van der Waals surface area (Å²) < 4.78 is 2.96. The fourth-order valence-electron chi connectivity index (χ4n) is 7.32. The van der Waals surface area contributed by atoms with E-state index >= 15 is 0 Å². The molecule has 0 spiro atoms. The average molecular weight is 615 g/mol. The summed E-state index contributed by atoms with van der Waals surface area (Å²) in [5.41, 5.74) is 9.07. The van der Waals surface area contributed by atoms with Gasteiger partial charge in [0.05, 0.1) is 0 Å². The molecule has 0 saturated carbocycles. The molecule has 204 valence electrons. The second-order valence-electron chi connectivity index (χ2n) is 12.2. The van der Waals surface area contributed by atoms with Crippen LogP contribution < -0.4 is 4.90 Å². The van der Waals surface area contributed by atoms with Gasteiger partial charge in [-0.05, 0) is 0 Å². The van der Waals surface area contributed by atoms with Crippen molar-refractivity contribution in [3.05, 3.63) is 151 Å². The molecule has 8 aromatic rings. The fraction of sp³-hybridized carbons (Fsp3) is 0.0732. The maximum absolute atomic E-state index is 2.45. The Morgan fingerprint density at radius 3 is 2.07 bits per heavy atom. The van der Waals surface area contributed by atoms with E-state index in [-0.39, 0.29) is 19.9 Å². The van der Waals surface area contributed by atoms with Crippen LogP contribution in [-0.2, 0) is 5.41 Å². The Labute approximate surface area is 257 Å². The molecule has 0 atom stereocenters. The van der Waals surface area contributed by atoms with E-state index < -0.39 is 0 Å². The van der Waals surface area contributed by atoms with Crippen LogP contribution in [0.3, 0.4) is 0 Å². The van der Waals surface area contributed by atoms with E-state index in [0.29, 0.717) is 0 Å². The fourth-order valence-corrected chi connectivity index (χ4v) is 10.1. The van der Waals surface area contributed by atoms with Gasteiger partial charge in [0.15, 0.2) is 0 Å². The van der Waals surface area contributed by atoms with E-state index in [1.54, 1.807) is 0 Å². The van der Waals surface area contributed by atoms with E-state index in [4.69, 9.17) is 0 Å². The van der Waals surface area contributed by atoms with Crippen LogP contribution in [0.15, 0.2) is 140 Å². The first-order valence-corrected chi connectivity index (χ1v) is 16.7. The molecule has 0 fully saturated rings. The Morgan fingerprint density at radius 2 is 1.16 bits per heavy atom. The Balaban J connectivity index is 1.26. The normalized spacial score (nSPS) is 13.5. The van der Waals surface area contributed by atoms with Crippen molar-refractivity contribution in [1.82, 2.24) is 0 Å². The predicted octanol–water partition coefficient (Wildman–Crippen LogP) is 11.1. The minimum atomic E-state index is -0.00313. The first kappa shape index (κ1) is 24.9. The van der Waals surface area contributed by atoms with Gasteiger partial charge in [-0.3, -0.25) is 0 Å². The first-order valence-electron chi connectivity index (χ1n) is 14.9. The molecule has 7 aromatic carbocycles. The van der Waals surface area contributed by atoms with Crippen molar-refractivity contribution in [2.45, 2.75) is 19.3 Å². The van der Waals surface area contributed by atoms with Gasteiger partial charge in [-0.15, -0.1) is 0 Å². The Bertz CT molecular complexity index is 2380. The molecular formula is C41H29NSe. The van der Waals surface area contributed by atoms with Crippen molar-refractivity contribution < 1.29 is 0 Å². The van der Waals surface area contributed by atoms with Gasteiger partial charge in [-0.25, -0.2) is 0 Å². The molecule has 0 N–H and O–H groups in total. The predicted molar refractivity (Wildman–Crippen MR) is 186 cm³/mol. The van der Waals surface area contributed by atoms with Gasteiger partial charge in [0.1, 0.15) is 0 Å². The van der Waals surface area contributed by atoms with Gasteiger partial charge < -0.3 is 0 Å². The van der Waals surface area contributed by atoms with Crippen molar-refractivity contribution in [2.75, 3.05) is 4.90 Å². The molecule has 0 aliphatic heterocycles. The molecule has 0 unspecified atom stereocenters. The summed E-state index contributed by atoms with van der Waals surface area (Å²) in [7, 11) is 0. The number of fused-ring (bicyclic) bond motifs is 10. The van der Waals surface area contributed by atoms with Crippen LogP contribution in [-0.4, -0.2) is 14.5 Å². The molecule has 0 amide bonds. The van der Waals surface area contributed by atoms with Gasteiger partial charge >= 0.3 is 258 Å². The quantitative estimate of drug-likeness (QED) is 0.141. The van der Waals surface area contributed by atoms with Crippen molar-refractivity contribution in [2.24, 2.45) is 0 Å². The summed E-state index contributed by atoms with van der Waals surface area (Å²) in [6, 6.07) is 51.9. The van der Waals surface area contributed by atoms with Crippen molar-refractivity contribution in [1.29, 1.82) is 0 Å². The van der Waals surface area contributed by atoms with Gasteiger partial charge in [0, 0.05) is 0 Å². The van der Waals surface area contributed by atoms with E-state index in [2.05, 4.69) is 158 Å². The number of benzene rings is 7. The number of hydrogen-bond donors (Lipinski definition) is 0. The van der Waals surface area contributed by atoms with Crippen LogP contribution in [0, 0.1) is 0 Å². The molecule has 0 radical (unpaired) electrons. The summed E-state index contributed by atoms with van der Waals surface area (Å²) in [5, 5.41) is 8.21. The average Bonchev–Trinajstić information content (AvgIpc) is 3.53. The SMILES string of the molecule is CC1(C)c2ccccc2-c2cc(N(c3ccccc3)c3ccc4c(c3)[se]c3c4ccc4ccc5ccccc5c43)ccc21. The summed E-state index contributed by atoms with van der Waals surface area (Å²) in [4.78, 5) is 2.43. The molecule has 1 nitrogen and oxygen atoms in total. The molecule has 9 rings (SSSR count). The molecule has 0 saturated heterocycles. The molecule has 43 heavy (non-hydrogen) atoms. The maximum atomic E-state index is 2.45. The minimum absolute atomic E-state index is 0.00313. The van der Waals surface area contributed by atoms with Crippen LogP contribution in [0.4, 0.5) is 17.1 Å². The number of para-hydroxylation sites is 1. The van der Waals surface area contributed by atoms with Crippen LogP contribution in [0.1, 0.15) is 25.0 Å². The molecule has 0 bridgehead atoms. The number of anilines is 3. The zero-order chi connectivity index (χ0) is 28.7. The van der Waals surface area contributed by atoms with Gasteiger partial charge in [-0.1, -0.05) is 0 Å². The van der Waals surface area contributed by atoms with Crippen LogP contribution in [0.2, 0.25) is 0 Å². The Kier molecular flexibility index (Phi) is 5.33. The summed E-state index contributed by atoms with van der Waals surface area (Å²) >= 11 is 0.216. The first-order chi connectivity index (χ1) is 21.1. The Morgan fingerprint density at radius 1 is 0.488 bits per heavy atom. The van der Waals surface area contributed by atoms with Gasteiger partial charge in [-0.2, -0.15) is 0 Å². The molecular weight excluding hydrogens is 585 g/mol. The molecule has 1 heterocycles. The van der Waals surface area contributed by atoms with Crippen molar-refractivity contribution in [3.63, 3.8) is 0 Å². The van der Waals surface area contributed by atoms with Crippen LogP contribution in [0.5, 0.6) is 0 Å². The van der Waals surface area contributed by atoms with E-state index in [1.165, 1.54) is 80.2 Å². The number of nitrogens with zero attached hydrogens (tertiary/aromatic N) is 1. The summed E-state index contributed by atoms with van der Waals surface area (Å²) in [5.74, 6) is 0. The van der Waals surface area contributed by atoms with Gasteiger partial charge in [0.25, 0.3) is 0 Å². The van der Waals surface area contributed by atoms with Crippen LogP contribution >= 0.6 is 0 Å². The molecule has 1 aliphatic carbocycles. The standard InChI is InChI=1S/C41H29NSe/c1-41(2)36-15-9-8-14-32(36)35-24-29(20-23-37(35)41)42(28-11-4-3-5-12-28)30-19-22-33-34-21-18-27-17-16-26-10-6-7-13-31(26)39(27)40(34)43-38(33)25-30/h3-25H,1-2H3. The second kappa shape index (κ2) is 9.19. The second-order valence-corrected chi connectivity index (χ2v) is 14.4. The third-order valence-corrected chi connectivity index (χ3v) is 11.9. The molecule has 2 heteroatoms. The molecule has 1 aliphatic rings. The van der Waals surface area contributed by atoms with Crippen molar-refractivity contribution in [3.8, 4) is 11.1 Å². The third kappa shape index (κ3) is 3.64. The Hall–Kier alpha value is -4.62. The summed E-state index contributed by atoms with van der Waals surface area (Å²) in [6.45, 7) is 4.69. The zero-order valence-corrected chi connectivity index (χ0v) is 25.8. The zero-order valence-electron chi connectivity index (χ0n) is 24.1. The molecule has 1 aromatic heterocycles. The topological polar surface area (TPSA) is 3.24 Å². The van der Waals surface area contributed by atoms with E-state index in [9.17, 15) is 0 Å². The van der Waals surface area contributed by atoms with Gasteiger partial charge in [0.2, 0.25) is 0 Å². The summed E-state index contributed by atoms with van der Waals surface area (Å²) in [6.07, 6.45) is 0. The van der Waals surface area contributed by atoms with Crippen LogP contribution in [0.25, 0.3) is 52.0 Å². The van der Waals surface area contributed by atoms with E-state index in [0.717, 1.165) is 0 Å². The van der Waals surface area contributed by atoms with E-state index in [1.807, 2.05) is 0 Å². The van der Waals surface area contributed by atoms with Crippen molar-refractivity contribution >= 4 is 72.4 Å². The number of rotatable bonds is 3. The number of hydrogen-bond acceptors (Lipinski definition) is 1.